The van der Waals surface area contributed by atoms with Crippen LogP contribution in [0.2, 0.25) is 0 Å². The Bertz CT molecular complexity index is 1480. The highest BCUT2D eigenvalue weighted by Gasteiger charge is 2.23. The van der Waals surface area contributed by atoms with Crippen LogP contribution in [0.3, 0.4) is 0 Å². The van der Waals surface area contributed by atoms with E-state index in [9.17, 15) is 10.1 Å². The number of nitriles is 1. The first-order valence-corrected chi connectivity index (χ1v) is 11.6. The quantitative estimate of drug-likeness (QED) is 0.379. The Kier molecular flexibility index (Phi) is 5.61. The van der Waals surface area contributed by atoms with Gasteiger partial charge in [-0.1, -0.05) is 12.1 Å². The topological polar surface area (TPSA) is 105 Å². The lowest BCUT2D eigenvalue weighted by atomic mass is 9.86. The molecule has 2 N–H and O–H groups in total. The van der Waals surface area contributed by atoms with Gasteiger partial charge in [-0.25, -0.2) is 9.97 Å². The number of ether oxygens (including phenoxy) is 1. The number of rotatable bonds is 6. The number of aromatic nitrogens is 3. The second-order valence-corrected chi connectivity index (χ2v) is 9.20. The van der Waals surface area contributed by atoms with Crippen molar-refractivity contribution in [3.8, 4) is 17.6 Å². The minimum absolute atomic E-state index is 0.184. The van der Waals surface area contributed by atoms with E-state index in [0.717, 1.165) is 58.9 Å². The van der Waals surface area contributed by atoms with Gasteiger partial charge in [0.2, 0.25) is 11.9 Å². The van der Waals surface area contributed by atoms with Crippen LogP contribution in [0.1, 0.15) is 38.3 Å². The zero-order chi connectivity index (χ0) is 24.6. The largest absolute Gasteiger partial charge is 0.457 e. The van der Waals surface area contributed by atoms with E-state index in [-0.39, 0.29) is 5.91 Å². The smallest absolute Gasteiger partial charge is 0.222 e. The third kappa shape index (κ3) is 4.41. The summed E-state index contributed by atoms with van der Waals surface area (Å²) in [6.07, 6.45) is 3.45. The summed E-state index contributed by atoms with van der Waals surface area (Å²) in [7, 11) is 0. The molecule has 0 fully saturated rings. The van der Waals surface area contributed by atoms with Crippen LogP contribution in [0.15, 0.2) is 54.7 Å². The van der Waals surface area contributed by atoms with E-state index < -0.39 is 5.41 Å². The van der Waals surface area contributed by atoms with Crippen molar-refractivity contribution in [2.75, 3.05) is 10.6 Å². The molecule has 0 radical (unpaired) electrons. The monoisotopic (exact) mass is 466 g/mol. The van der Waals surface area contributed by atoms with E-state index in [4.69, 9.17) is 9.72 Å². The molecule has 2 aromatic heterocycles. The second-order valence-electron chi connectivity index (χ2n) is 9.20. The van der Waals surface area contributed by atoms with E-state index in [1.165, 1.54) is 6.92 Å². The van der Waals surface area contributed by atoms with Gasteiger partial charge in [0.15, 0.2) is 0 Å². The molecular weight excluding hydrogens is 440 g/mol. The lowest BCUT2D eigenvalue weighted by Gasteiger charge is -2.20. The number of benzene rings is 2. The van der Waals surface area contributed by atoms with Gasteiger partial charge in [-0.2, -0.15) is 5.26 Å². The number of nitrogens with one attached hydrogen (secondary N) is 2. The van der Waals surface area contributed by atoms with Gasteiger partial charge >= 0.3 is 0 Å². The second kappa shape index (κ2) is 8.76. The summed E-state index contributed by atoms with van der Waals surface area (Å²) in [6, 6.07) is 17.7. The molecule has 0 bridgehead atoms. The van der Waals surface area contributed by atoms with Crippen molar-refractivity contribution in [3.63, 3.8) is 0 Å². The van der Waals surface area contributed by atoms with Crippen molar-refractivity contribution in [1.29, 1.82) is 5.26 Å². The molecule has 0 aliphatic carbocycles. The fourth-order valence-electron chi connectivity index (χ4n) is 4.37. The Hall–Kier alpha value is -4.38. The fraction of sp³-hybridized carbons (Fsp3) is 0.259. The van der Waals surface area contributed by atoms with Gasteiger partial charge in [0.05, 0.1) is 22.5 Å². The van der Waals surface area contributed by atoms with Crippen LogP contribution in [0.5, 0.6) is 11.5 Å². The maximum absolute atomic E-state index is 11.4. The summed E-state index contributed by atoms with van der Waals surface area (Å²) in [5.41, 5.74) is 4.33. The molecule has 0 spiro atoms. The number of hydrogen-bond acceptors (Lipinski definition) is 6. The zero-order valence-electron chi connectivity index (χ0n) is 19.9. The lowest BCUT2D eigenvalue weighted by molar-refractivity contribution is -0.114. The van der Waals surface area contributed by atoms with Gasteiger partial charge in [0, 0.05) is 37.0 Å². The van der Waals surface area contributed by atoms with Crippen LogP contribution >= 0.6 is 0 Å². The van der Waals surface area contributed by atoms with Gasteiger partial charge < -0.3 is 19.9 Å². The van der Waals surface area contributed by atoms with Crippen molar-refractivity contribution < 1.29 is 9.53 Å². The number of aryl methyl sites for hydroxylation is 2. The maximum Gasteiger partial charge on any atom is 0.222 e. The van der Waals surface area contributed by atoms with E-state index >= 15 is 0 Å². The van der Waals surface area contributed by atoms with E-state index in [0.29, 0.717) is 11.6 Å². The van der Waals surface area contributed by atoms with E-state index in [1.807, 2.05) is 50.2 Å². The predicted molar refractivity (Wildman–Crippen MR) is 135 cm³/mol. The molecule has 1 aliphatic rings. The first kappa shape index (κ1) is 22.4. The maximum atomic E-state index is 11.4. The van der Waals surface area contributed by atoms with Crippen molar-refractivity contribution in [1.82, 2.24) is 14.5 Å². The first-order chi connectivity index (χ1) is 16.8. The first-order valence-electron chi connectivity index (χ1n) is 11.6. The van der Waals surface area contributed by atoms with Crippen molar-refractivity contribution in [2.24, 2.45) is 0 Å². The number of nitrogens with zero attached hydrogens (tertiary/aromatic N) is 4. The van der Waals surface area contributed by atoms with Crippen LogP contribution in [-0.4, -0.2) is 20.4 Å². The fourth-order valence-corrected chi connectivity index (χ4v) is 4.37. The molecule has 4 aromatic rings. The molecule has 0 saturated heterocycles. The van der Waals surface area contributed by atoms with Crippen molar-refractivity contribution >= 4 is 34.4 Å². The van der Waals surface area contributed by atoms with Crippen LogP contribution in [0.25, 0.3) is 11.0 Å². The Morgan fingerprint density at radius 3 is 2.86 bits per heavy atom. The molecule has 1 aliphatic heterocycles. The Morgan fingerprint density at radius 1 is 1.20 bits per heavy atom. The summed E-state index contributed by atoms with van der Waals surface area (Å²) in [5, 5.41) is 15.6. The van der Waals surface area contributed by atoms with E-state index in [2.05, 4.69) is 26.3 Å². The number of pyridine rings is 1. The van der Waals surface area contributed by atoms with Crippen LogP contribution in [0, 0.1) is 11.3 Å². The van der Waals surface area contributed by atoms with Crippen LogP contribution < -0.4 is 15.4 Å². The van der Waals surface area contributed by atoms with Crippen molar-refractivity contribution in [2.45, 2.75) is 45.6 Å². The third-order valence-electron chi connectivity index (χ3n) is 6.16. The molecule has 8 nitrogen and oxygen atoms in total. The average molecular weight is 467 g/mol. The third-order valence-corrected chi connectivity index (χ3v) is 6.16. The van der Waals surface area contributed by atoms with Gasteiger partial charge in [-0.15, -0.1) is 0 Å². The Labute approximate surface area is 203 Å². The van der Waals surface area contributed by atoms with Gasteiger partial charge in [0.25, 0.3) is 0 Å². The zero-order valence-corrected chi connectivity index (χ0v) is 19.9. The molecule has 5 rings (SSSR count). The highest BCUT2D eigenvalue weighted by atomic mass is 16.5. The summed E-state index contributed by atoms with van der Waals surface area (Å²) in [5.74, 6) is 2.40. The molecule has 8 heteroatoms. The number of carbonyl (C=O) groups is 1. The molecular formula is C27H26N6O2. The van der Waals surface area contributed by atoms with Crippen LogP contribution in [0.4, 0.5) is 17.5 Å². The standard InChI is InChI=1S/C27H26N6O2/c1-17(34)30-24-15-20(11-12-29-24)35-23-10-9-22-25-21(23)8-5-13-33(25)26(32-22)31-19-7-4-6-18(14-19)27(2,3)16-28/h4,6-7,9-12,14-15H,5,8,13H2,1-3H3,(H,31,32)(H,29,30,34). The van der Waals surface area contributed by atoms with Gasteiger partial charge in [-0.3, -0.25) is 4.79 Å². The summed E-state index contributed by atoms with van der Waals surface area (Å²) < 4.78 is 8.42. The van der Waals surface area contributed by atoms with Crippen molar-refractivity contribution in [3.05, 3.63) is 65.9 Å². The SMILES string of the molecule is CC(=O)Nc1cc(Oc2ccc3nc(Nc4cccc(C(C)(C)C#N)c4)n4c3c2CCC4)ccn1. The number of carbonyl (C=O) groups excluding carboxylic acids is 1. The lowest BCUT2D eigenvalue weighted by Crippen LogP contribution is -2.14. The summed E-state index contributed by atoms with van der Waals surface area (Å²) >= 11 is 0. The molecule has 35 heavy (non-hydrogen) atoms. The predicted octanol–water partition coefficient (Wildman–Crippen LogP) is 5.67. The summed E-state index contributed by atoms with van der Waals surface area (Å²) in [4.78, 5) is 20.4. The highest BCUT2D eigenvalue weighted by Crippen LogP contribution is 2.38. The normalized spacial score (nSPS) is 12.7. The summed E-state index contributed by atoms with van der Waals surface area (Å²) in [6.45, 7) is 6.12. The Morgan fingerprint density at radius 2 is 2.06 bits per heavy atom. The van der Waals surface area contributed by atoms with E-state index in [1.54, 1.807) is 18.3 Å². The van der Waals surface area contributed by atoms with Gasteiger partial charge in [-0.05, 0) is 62.6 Å². The average Bonchev–Trinajstić information content (AvgIpc) is 3.19. The number of amides is 1. The Balaban J connectivity index is 1.48. The molecule has 0 saturated carbocycles. The minimum Gasteiger partial charge on any atom is -0.457 e. The molecule has 2 aromatic carbocycles. The molecule has 0 unspecified atom stereocenters. The minimum atomic E-state index is -0.574. The number of hydrogen-bond donors (Lipinski definition) is 2. The molecule has 3 heterocycles. The molecule has 176 valence electrons. The highest BCUT2D eigenvalue weighted by molar-refractivity contribution is 5.88. The molecule has 1 amide bonds. The van der Waals surface area contributed by atoms with Crippen LogP contribution in [-0.2, 0) is 23.2 Å². The number of imidazole rings is 1. The van der Waals surface area contributed by atoms with Gasteiger partial charge in [0.1, 0.15) is 17.3 Å². The molecule has 0 atom stereocenters. The number of anilines is 3.